The number of amides is 3. The summed E-state index contributed by atoms with van der Waals surface area (Å²) in [5, 5.41) is 6.74. The predicted octanol–water partition coefficient (Wildman–Crippen LogP) is 4.80. The minimum Gasteiger partial charge on any atom is -0.359 e. The first-order chi connectivity index (χ1) is 18.9. The van der Waals surface area contributed by atoms with Crippen LogP contribution in [0, 0.1) is 11.8 Å². The first kappa shape index (κ1) is 26.4. The van der Waals surface area contributed by atoms with Crippen LogP contribution in [-0.2, 0) is 25.7 Å². The number of nitrogens with one attached hydrogen (secondary N) is 2. The summed E-state index contributed by atoms with van der Waals surface area (Å²) in [7, 11) is 0. The maximum Gasteiger partial charge on any atom is 0.246 e. The molecule has 2 N–H and O–H groups in total. The maximum absolute atomic E-state index is 14.2. The van der Waals surface area contributed by atoms with Crippen molar-refractivity contribution in [3.63, 3.8) is 0 Å². The zero-order chi connectivity index (χ0) is 27.1. The molecule has 0 unspecified atom stereocenters. The van der Waals surface area contributed by atoms with Crippen molar-refractivity contribution in [1.29, 1.82) is 0 Å². The minimum atomic E-state index is -1.20. The van der Waals surface area contributed by atoms with Crippen LogP contribution < -0.4 is 10.6 Å². The molecule has 9 heteroatoms. The first-order valence-electron chi connectivity index (χ1n) is 13.6. The number of ether oxygens (including phenoxy) is 1. The van der Waals surface area contributed by atoms with Gasteiger partial charge in [-0.25, -0.2) is 0 Å². The summed E-state index contributed by atoms with van der Waals surface area (Å²) in [4.78, 5) is 44.4. The normalized spacial score (nSPS) is 29.5. The Hall–Kier alpha value is -2.81. The zero-order valence-electron chi connectivity index (χ0n) is 21.8. The van der Waals surface area contributed by atoms with Crippen molar-refractivity contribution >= 4 is 46.8 Å². The molecule has 2 aromatic rings. The molecule has 2 aromatic carbocycles. The van der Waals surface area contributed by atoms with Crippen LogP contribution in [0.5, 0.6) is 0 Å². The van der Waals surface area contributed by atoms with Gasteiger partial charge in [-0.3, -0.25) is 14.4 Å². The molecule has 7 nitrogen and oxygen atoms in total. The van der Waals surface area contributed by atoms with Gasteiger partial charge in [-0.15, -0.1) is 11.8 Å². The van der Waals surface area contributed by atoms with E-state index in [-0.39, 0.29) is 30.3 Å². The quantitative estimate of drug-likeness (QED) is 0.372. The van der Waals surface area contributed by atoms with Crippen molar-refractivity contribution in [2.75, 3.05) is 11.6 Å². The third-order valence-electron chi connectivity index (χ3n) is 8.51. The van der Waals surface area contributed by atoms with Crippen molar-refractivity contribution in [2.24, 2.45) is 11.8 Å². The molecular formula is C30H32ClN3O4S. The molecule has 6 rings (SSSR count). The maximum atomic E-state index is 14.2. The van der Waals surface area contributed by atoms with Crippen molar-refractivity contribution < 1.29 is 19.1 Å². The van der Waals surface area contributed by atoms with Crippen LogP contribution in [0.3, 0.4) is 0 Å². The molecule has 1 saturated carbocycles. The lowest BCUT2D eigenvalue weighted by Crippen LogP contribution is -2.56. The van der Waals surface area contributed by atoms with E-state index in [2.05, 4.69) is 10.6 Å². The number of likely N-dealkylation sites (tertiary alicyclic amines) is 1. The first-order valence-corrected chi connectivity index (χ1v) is 15.2. The number of anilines is 1. The van der Waals surface area contributed by atoms with Gasteiger partial charge in [-0.1, -0.05) is 67.3 Å². The number of nitrogens with zero attached hydrogens (tertiary/aromatic N) is 1. The number of rotatable bonds is 7. The molecule has 0 aromatic heterocycles. The second-order valence-electron chi connectivity index (χ2n) is 10.8. The largest absolute Gasteiger partial charge is 0.359 e. The summed E-state index contributed by atoms with van der Waals surface area (Å²) >= 11 is 8.06. The SMILES string of the molecule is CSc1cccc(NC(=O)[C@@H]2[C@H]3C=C[C@]4(O3)[C@H](C(=O)NC3CCCCC3)N(Cc3ccccc3Cl)C(=O)[C@@H]24)c1. The summed E-state index contributed by atoms with van der Waals surface area (Å²) in [6.07, 6.45) is 10.2. The van der Waals surface area contributed by atoms with Gasteiger partial charge in [0.25, 0.3) is 0 Å². The van der Waals surface area contributed by atoms with E-state index in [0.29, 0.717) is 10.7 Å². The second kappa shape index (κ2) is 10.6. The molecule has 0 radical (unpaired) electrons. The molecule has 5 atom stereocenters. The summed E-state index contributed by atoms with van der Waals surface area (Å²) in [6.45, 7) is 0.158. The number of halogens is 1. The molecule has 4 aliphatic rings. The number of hydrogen-bond acceptors (Lipinski definition) is 5. The van der Waals surface area contributed by atoms with Crippen molar-refractivity contribution in [2.45, 2.75) is 67.3 Å². The van der Waals surface area contributed by atoms with E-state index in [9.17, 15) is 14.4 Å². The predicted molar refractivity (Wildman–Crippen MR) is 151 cm³/mol. The fourth-order valence-corrected chi connectivity index (χ4v) is 7.36. The average molecular weight is 566 g/mol. The number of thioether (sulfide) groups is 1. The Morgan fingerprint density at radius 1 is 1.10 bits per heavy atom. The fourth-order valence-electron chi connectivity index (χ4n) is 6.70. The second-order valence-corrected chi connectivity index (χ2v) is 12.1. The van der Waals surface area contributed by atoms with E-state index in [0.717, 1.165) is 36.1 Å². The van der Waals surface area contributed by atoms with Crippen molar-refractivity contribution in [3.8, 4) is 0 Å². The Kier molecular flexibility index (Phi) is 7.20. The molecule has 39 heavy (non-hydrogen) atoms. The minimum absolute atomic E-state index is 0.0735. The molecule has 3 fully saturated rings. The van der Waals surface area contributed by atoms with Crippen molar-refractivity contribution in [1.82, 2.24) is 10.2 Å². The van der Waals surface area contributed by atoms with Crippen LogP contribution in [-0.4, -0.2) is 52.7 Å². The van der Waals surface area contributed by atoms with Gasteiger partial charge in [0.1, 0.15) is 11.6 Å². The molecule has 3 heterocycles. The van der Waals surface area contributed by atoms with Crippen molar-refractivity contribution in [3.05, 3.63) is 71.3 Å². The number of fused-ring (bicyclic) bond motifs is 1. The third-order valence-corrected chi connectivity index (χ3v) is 9.61. The molecule has 204 valence electrons. The highest BCUT2D eigenvalue weighted by Crippen LogP contribution is 2.55. The highest BCUT2D eigenvalue weighted by molar-refractivity contribution is 7.98. The van der Waals surface area contributed by atoms with Crippen LogP contribution in [0.1, 0.15) is 37.7 Å². The van der Waals surface area contributed by atoms with Crippen LogP contribution in [0.2, 0.25) is 5.02 Å². The van der Waals surface area contributed by atoms with Crippen LogP contribution in [0.25, 0.3) is 0 Å². The highest BCUT2D eigenvalue weighted by atomic mass is 35.5. The van der Waals surface area contributed by atoms with Gasteiger partial charge in [0.15, 0.2) is 0 Å². The third kappa shape index (κ3) is 4.66. The molecule has 1 spiro atoms. The zero-order valence-corrected chi connectivity index (χ0v) is 23.3. The van der Waals surface area contributed by atoms with E-state index in [4.69, 9.17) is 16.3 Å². The van der Waals surface area contributed by atoms with E-state index >= 15 is 0 Å². The molecule has 1 aliphatic carbocycles. The van der Waals surface area contributed by atoms with Crippen LogP contribution in [0.15, 0.2) is 65.6 Å². The van der Waals surface area contributed by atoms with Gasteiger partial charge >= 0.3 is 0 Å². The standard InChI is InChI=1S/C30H32ClN3O4S/c1-39-21-12-7-11-20(16-21)33-27(35)24-23-14-15-30(38-23)25(24)29(37)34(17-18-8-5-6-13-22(18)31)26(30)28(36)32-19-9-3-2-4-10-19/h5-8,11-16,19,23-26H,2-4,9-10,17H2,1H3,(H,32,36)(H,33,35)/t23-,24-,25-,26+,30-/m1/s1. The lowest BCUT2D eigenvalue weighted by molar-refractivity contribution is -0.142. The Morgan fingerprint density at radius 2 is 1.90 bits per heavy atom. The fraction of sp³-hybridized carbons (Fsp3) is 0.433. The molecule has 3 amide bonds. The Morgan fingerprint density at radius 3 is 2.67 bits per heavy atom. The number of carbonyl (C=O) groups is 3. The number of carbonyl (C=O) groups excluding carboxylic acids is 3. The highest BCUT2D eigenvalue weighted by Gasteiger charge is 2.72. The lowest BCUT2D eigenvalue weighted by Gasteiger charge is -2.34. The van der Waals surface area contributed by atoms with E-state index < -0.39 is 29.6 Å². The summed E-state index contributed by atoms with van der Waals surface area (Å²) < 4.78 is 6.46. The topological polar surface area (TPSA) is 87.7 Å². The van der Waals surface area contributed by atoms with Crippen LogP contribution in [0.4, 0.5) is 5.69 Å². The molecule has 2 bridgehead atoms. The van der Waals surface area contributed by atoms with Gasteiger partial charge in [0, 0.05) is 28.2 Å². The monoisotopic (exact) mass is 565 g/mol. The summed E-state index contributed by atoms with van der Waals surface area (Å²) in [6, 6.07) is 14.1. The van der Waals surface area contributed by atoms with E-state index in [1.807, 2.05) is 60.9 Å². The summed E-state index contributed by atoms with van der Waals surface area (Å²) in [5.41, 5.74) is 0.204. The van der Waals surface area contributed by atoms with E-state index in [1.165, 1.54) is 6.42 Å². The molecular weight excluding hydrogens is 534 g/mol. The number of hydrogen-bond donors (Lipinski definition) is 2. The van der Waals surface area contributed by atoms with Gasteiger partial charge in [-0.2, -0.15) is 0 Å². The Labute approximate surface area is 237 Å². The summed E-state index contributed by atoms with van der Waals surface area (Å²) in [5.74, 6) is -2.33. The van der Waals surface area contributed by atoms with Gasteiger partial charge in [0.2, 0.25) is 17.7 Å². The smallest absolute Gasteiger partial charge is 0.246 e. The number of benzene rings is 2. The van der Waals surface area contributed by atoms with E-state index in [1.54, 1.807) is 22.7 Å². The van der Waals surface area contributed by atoms with Gasteiger partial charge < -0.3 is 20.3 Å². The Balaban J connectivity index is 1.33. The van der Waals surface area contributed by atoms with Crippen LogP contribution >= 0.6 is 23.4 Å². The van der Waals surface area contributed by atoms with Gasteiger partial charge in [0.05, 0.1) is 17.9 Å². The molecule has 2 saturated heterocycles. The van der Waals surface area contributed by atoms with Gasteiger partial charge in [-0.05, 0) is 48.9 Å². The Bertz CT molecular complexity index is 1330. The molecule has 3 aliphatic heterocycles. The average Bonchev–Trinajstić information content (AvgIpc) is 3.58. The lowest BCUT2D eigenvalue weighted by atomic mass is 9.74.